The van der Waals surface area contributed by atoms with Crippen molar-refractivity contribution in [1.29, 1.82) is 0 Å². The molecule has 1 aromatic carbocycles. The molecule has 2 aromatic heterocycles. The van der Waals surface area contributed by atoms with Gasteiger partial charge in [0.2, 0.25) is 0 Å². The molecule has 7 heteroatoms. The summed E-state index contributed by atoms with van der Waals surface area (Å²) in [6, 6.07) is 6.27. The number of nitrogens with zero attached hydrogens (tertiary/aromatic N) is 3. The van der Waals surface area contributed by atoms with Gasteiger partial charge in [0.25, 0.3) is 5.91 Å². The Labute approximate surface area is 138 Å². The fraction of sp³-hybridized carbons (Fsp3) is 0.353. The maximum absolute atomic E-state index is 13.7. The van der Waals surface area contributed by atoms with Gasteiger partial charge in [-0.2, -0.15) is 0 Å². The third-order valence-corrected chi connectivity index (χ3v) is 4.45. The molecule has 0 bridgehead atoms. The van der Waals surface area contributed by atoms with Gasteiger partial charge in [-0.15, -0.1) is 10.2 Å². The van der Waals surface area contributed by atoms with E-state index in [1.165, 1.54) is 18.6 Å². The highest BCUT2D eigenvalue weighted by Gasteiger charge is 2.16. The lowest BCUT2D eigenvalue weighted by molar-refractivity contribution is 0.0945. The first kappa shape index (κ1) is 14.9. The van der Waals surface area contributed by atoms with Crippen LogP contribution in [0, 0.1) is 5.82 Å². The van der Waals surface area contributed by atoms with Crippen molar-refractivity contribution >= 4 is 16.8 Å². The molecule has 2 N–H and O–H groups in total. The molecule has 3 aromatic rings. The van der Waals surface area contributed by atoms with E-state index in [9.17, 15) is 9.18 Å². The lowest BCUT2D eigenvalue weighted by atomic mass is 10.2. The first-order valence-corrected chi connectivity index (χ1v) is 8.19. The van der Waals surface area contributed by atoms with Crippen LogP contribution in [0.25, 0.3) is 10.9 Å². The van der Waals surface area contributed by atoms with E-state index in [0.717, 1.165) is 37.5 Å². The topological polar surface area (TPSA) is 75.6 Å². The Morgan fingerprint density at radius 3 is 3.08 bits per heavy atom. The summed E-state index contributed by atoms with van der Waals surface area (Å²) < 4.78 is 15.8. The minimum Gasteiger partial charge on any atom is -0.350 e. The zero-order valence-electron chi connectivity index (χ0n) is 13.2. The van der Waals surface area contributed by atoms with Gasteiger partial charge < -0.3 is 14.9 Å². The first-order valence-electron chi connectivity index (χ1n) is 8.19. The normalized spacial score (nSPS) is 14.4. The lowest BCUT2D eigenvalue weighted by Crippen LogP contribution is -2.25. The zero-order chi connectivity index (χ0) is 16.5. The standard InChI is InChI=1S/C17H18FN5O/c18-12-5-4-6-13-11(12)9-14(20-13)17(24)19-10-16-22-21-15-7-2-1-3-8-23(15)16/h4-6,9,20H,1-3,7-8,10H2,(H,19,24). The molecule has 24 heavy (non-hydrogen) atoms. The van der Waals surface area contributed by atoms with Crippen LogP contribution in [0.2, 0.25) is 0 Å². The van der Waals surface area contributed by atoms with E-state index in [-0.39, 0.29) is 11.7 Å². The van der Waals surface area contributed by atoms with Gasteiger partial charge in [0.15, 0.2) is 5.82 Å². The third kappa shape index (κ3) is 2.66. The summed E-state index contributed by atoms with van der Waals surface area (Å²) in [6.45, 7) is 1.20. The van der Waals surface area contributed by atoms with Crippen LogP contribution >= 0.6 is 0 Å². The molecule has 0 unspecified atom stereocenters. The van der Waals surface area contributed by atoms with Gasteiger partial charge in [-0.05, 0) is 31.0 Å². The largest absolute Gasteiger partial charge is 0.350 e. The second-order valence-corrected chi connectivity index (χ2v) is 6.06. The van der Waals surface area contributed by atoms with E-state index in [1.54, 1.807) is 12.1 Å². The predicted octanol–water partition coefficient (Wildman–Crippen LogP) is 2.55. The summed E-state index contributed by atoms with van der Waals surface area (Å²) in [5.74, 6) is 1.13. The van der Waals surface area contributed by atoms with Crippen LogP contribution in [-0.2, 0) is 19.5 Å². The van der Waals surface area contributed by atoms with Gasteiger partial charge >= 0.3 is 0 Å². The molecule has 124 valence electrons. The quantitative estimate of drug-likeness (QED) is 0.776. The van der Waals surface area contributed by atoms with Crippen molar-refractivity contribution in [2.24, 2.45) is 0 Å². The number of aromatic nitrogens is 4. The van der Waals surface area contributed by atoms with Gasteiger partial charge in [-0.25, -0.2) is 4.39 Å². The van der Waals surface area contributed by atoms with E-state index >= 15 is 0 Å². The molecule has 0 spiro atoms. The van der Waals surface area contributed by atoms with Crippen LogP contribution in [0.15, 0.2) is 24.3 Å². The lowest BCUT2D eigenvalue weighted by Gasteiger charge is -2.07. The maximum atomic E-state index is 13.7. The van der Waals surface area contributed by atoms with Crippen LogP contribution in [0.1, 0.15) is 41.4 Å². The van der Waals surface area contributed by atoms with Crippen molar-refractivity contribution in [2.45, 2.75) is 38.8 Å². The van der Waals surface area contributed by atoms with Crippen molar-refractivity contribution in [2.75, 3.05) is 0 Å². The highest BCUT2D eigenvalue weighted by atomic mass is 19.1. The Kier molecular flexibility index (Phi) is 3.76. The molecule has 0 saturated heterocycles. The van der Waals surface area contributed by atoms with Crippen molar-refractivity contribution < 1.29 is 9.18 Å². The summed E-state index contributed by atoms with van der Waals surface area (Å²) >= 11 is 0. The number of benzene rings is 1. The Balaban J connectivity index is 1.50. The summed E-state index contributed by atoms with van der Waals surface area (Å²) in [5.41, 5.74) is 0.946. The van der Waals surface area contributed by atoms with Crippen LogP contribution in [0.3, 0.4) is 0 Å². The number of hydrogen-bond acceptors (Lipinski definition) is 3. The Morgan fingerprint density at radius 1 is 1.29 bits per heavy atom. The van der Waals surface area contributed by atoms with Crippen LogP contribution < -0.4 is 5.32 Å². The number of carbonyl (C=O) groups excluding carboxylic acids is 1. The number of aryl methyl sites for hydroxylation is 1. The number of fused-ring (bicyclic) bond motifs is 2. The van der Waals surface area contributed by atoms with Crippen molar-refractivity contribution in [3.05, 3.63) is 47.4 Å². The second kappa shape index (κ2) is 6.07. The monoisotopic (exact) mass is 327 g/mol. The minimum atomic E-state index is -0.342. The Morgan fingerprint density at radius 2 is 2.21 bits per heavy atom. The predicted molar refractivity (Wildman–Crippen MR) is 87.0 cm³/mol. The number of rotatable bonds is 3. The van der Waals surface area contributed by atoms with E-state index in [0.29, 0.717) is 23.1 Å². The van der Waals surface area contributed by atoms with Crippen LogP contribution in [0.4, 0.5) is 4.39 Å². The summed E-state index contributed by atoms with van der Waals surface area (Å²) in [4.78, 5) is 15.3. The van der Waals surface area contributed by atoms with Crippen LogP contribution in [0.5, 0.6) is 0 Å². The first-order chi connectivity index (χ1) is 11.7. The summed E-state index contributed by atoms with van der Waals surface area (Å²) in [7, 11) is 0. The average Bonchev–Trinajstić information content (AvgIpc) is 3.11. The highest BCUT2D eigenvalue weighted by Crippen LogP contribution is 2.19. The van der Waals surface area contributed by atoms with Gasteiger partial charge in [0.1, 0.15) is 17.3 Å². The van der Waals surface area contributed by atoms with E-state index < -0.39 is 0 Å². The fourth-order valence-corrected chi connectivity index (χ4v) is 3.17. The molecular formula is C17H18FN5O. The van der Waals surface area contributed by atoms with Gasteiger partial charge in [0.05, 0.1) is 6.54 Å². The highest BCUT2D eigenvalue weighted by molar-refractivity contribution is 5.98. The third-order valence-electron chi connectivity index (χ3n) is 4.45. The number of H-pyrrole nitrogens is 1. The summed E-state index contributed by atoms with van der Waals surface area (Å²) in [5, 5.41) is 11.7. The SMILES string of the molecule is O=C(NCc1nnc2n1CCCCC2)c1cc2c(F)cccc2[nH]1. The van der Waals surface area contributed by atoms with Crippen LogP contribution in [-0.4, -0.2) is 25.7 Å². The average molecular weight is 327 g/mol. The van der Waals surface area contributed by atoms with E-state index in [1.807, 2.05) is 0 Å². The molecule has 1 amide bonds. The number of carbonyl (C=O) groups is 1. The molecule has 3 heterocycles. The fourth-order valence-electron chi connectivity index (χ4n) is 3.17. The molecule has 0 atom stereocenters. The van der Waals surface area contributed by atoms with E-state index in [2.05, 4.69) is 25.1 Å². The smallest absolute Gasteiger partial charge is 0.268 e. The number of hydrogen-bond donors (Lipinski definition) is 2. The molecule has 1 aliphatic heterocycles. The number of halogens is 1. The number of nitrogens with one attached hydrogen (secondary N) is 2. The summed E-state index contributed by atoms with van der Waals surface area (Å²) in [6.07, 6.45) is 4.36. The van der Waals surface area contributed by atoms with Gasteiger partial charge in [0, 0.05) is 23.9 Å². The van der Waals surface area contributed by atoms with Gasteiger partial charge in [-0.3, -0.25) is 4.79 Å². The molecule has 0 radical (unpaired) electrons. The van der Waals surface area contributed by atoms with Crippen molar-refractivity contribution in [3.63, 3.8) is 0 Å². The van der Waals surface area contributed by atoms with Gasteiger partial charge in [-0.1, -0.05) is 12.5 Å². The molecule has 0 fully saturated rings. The van der Waals surface area contributed by atoms with Crippen molar-refractivity contribution in [1.82, 2.24) is 25.1 Å². The molecule has 1 aliphatic rings. The molecular weight excluding hydrogens is 309 g/mol. The van der Waals surface area contributed by atoms with E-state index in [4.69, 9.17) is 0 Å². The Bertz CT molecular complexity index is 898. The zero-order valence-corrected chi connectivity index (χ0v) is 13.2. The number of aromatic amines is 1. The molecule has 4 rings (SSSR count). The molecule has 0 aliphatic carbocycles. The van der Waals surface area contributed by atoms with Crippen molar-refractivity contribution in [3.8, 4) is 0 Å². The minimum absolute atomic E-state index is 0.281. The Hall–Kier alpha value is -2.70. The maximum Gasteiger partial charge on any atom is 0.268 e. The molecule has 6 nitrogen and oxygen atoms in total. The molecule has 0 saturated carbocycles. The second-order valence-electron chi connectivity index (χ2n) is 6.06. The number of amides is 1.